The van der Waals surface area contributed by atoms with Gasteiger partial charge in [-0.3, -0.25) is 4.72 Å². The molecule has 0 amide bonds. The quantitative estimate of drug-likeness (QED) is 0.758. The Labute approximate surface area is 112 Å². The molecule has 0 saturated carbocycles. The van der Waals surface area contributed by atoms with E-state index in [9.17, 15) is 12.8 Å². The summed E-state index contributed by atoms with van der Waals surface area (Å²) in [5.41, 5.74) is -0.127. The van der Waals surface area contributed by atoms with Crippen molar-refractivity contribution in [2.24, 2.45) is 0 Å². The van der Waals surface area contributed by atoms with E-state index in [1.807, 2.05) is 6.92 Å². The van der Waals surface area contributed by atoms with Crippen LogP contribution in [-0.4, -0.2) is 27.3 Å². The Morgan fingerprint density at radius 1 is 1.33 bits per heavy atom. The van der Waals surface area contributed by atoms with Gasteiger partial charge in [0.15, 0.2) is 0 Å². The van der Waals surface area contributed by atoms with Crippen LogP contribution < -0.4 is 10.0 Å². The van der Waals surface area contributed by atoms with Gasteiger partial charge in [-0.2, -0.15) is 0 Å². The minimum Gasteiger partial charge on any atom is -0.316 e. The zero-order valence-electron chi connectivity index (χ0n) is 10.0. The van der Waals surface area contributed by atoms with Gasteiger partial charge in [-0.25, -0.2) is 12.8 Å². The first-order valence-corrected chi connectivity index (χ1v) is 7.64. The van der Waals surface area contributed by atoms with Crippen LogP contribution >= 0.6 is 11.6 Å². The highest BCUT2D eigenvalue weighted by Gasteiger charge is 2.13. The number of hydrogen-bond acceptors (Lipinski definition) is 3. The van der Waals surface area contributed by atoms with Gasteiger partial charge in [0, 0.05) is 11.6 Å². The minimum absolute atomic E-state index is 0.112. The van der Waals surface area contributed by atoms with E-state index in [0.29, 0.717) is 6.54 Å². The van der Waals surface area contributed by atoms with Gasteiger partial charge in [-0.1, -0.05) is 18.5 Å². The summed E-state index contributed by atoms with van der Waals surface area (Å²) in [5.74, 6) is -0.761. The molecule has 0 aliphatic rings. The molecular weight excluding hydrogens is 279 g/mol. The first-order valence-electron chi connectivity index (χ1n) is 5.61. The summed E-state index contributed by atoms with van der Waals surface area (Å²) in [6.07, 6.45) is 0.927. The molecule has 1 rings (SSSR count). The molecule has 0 unspecified atom stereocenters. The lowest BCUT2D eigenvalue weighted by molar-refractivity contribution is 0.593. The highest BCUT2D eigenvalue weighted by molar-refractivity contribution is 7.92. The molecule has 102 valence electrons. The lowest BCUT2D eigenvalue weighted by Gasteiger charge is -2.09. The van der Waals surface area contributed by atoms with E-state index in [1.54, 1.807) is 0 Å². The molecule has 0 aliphatic carbocycles. The molecule has 0 spiro atoms. The molecule has 0 radical (unpaired) electrons. The van der Waals surface area contributed by atoms with Crippen molar-refractivity contribution in [1.82, 2.24) is 5.32 Å². The van der Waals surface area contributed by atoms with Crippen LogP contribution in [0.5, 0.6) is 0 Å². The first kappa shape index (κ1) is 15.2. The van der Waals surface area contributed by atoms with Crippen molar-refractivity contribution < 1.29 is 12.8 Å². The van der Waals surface area contributed by atoms with Crippen molar-refractivity contribution in [1.29, 1.82) is 0 Å². The van der Waals surface area contributed by atoms with Crippen molar-refractivity contribution in [2.45, 2.75) is 13.3 Å². The summed E-state index contributed by atoms with van der Waals surface area (Å²) >= 11 is 5.68. The van der Waals surface area contributed by atoms with Crippen LogP contribution in [0.15, 0.2) is 18.2 Å². The standard InChI is InChI=1S/C11H16ClFN2O2S/c1-2-5-14-6-7-18(16,17)15-11-8-9(12)3-4-10(11)13/h3-4,8,14-15H,2,5-7H2,1H3. The number of anilines is 1. The SMILES string of the molecule is CCCNCCS(=O)(=O)Nc1cc(Cl)ccc1F. The molecule has 0 aromatic heterocycles. The summed E-state index contributed by atoms with van der Waals surface area (Å²) < 4.78 is 38.9. The average Bonchev–Trinajstić information content (AvgIpc) is 2.29. The second-order valence-corrected chi connectivity index (χ2v) is 6.07. The second kappa shape index (κ2) is 6.92. The van der Waals surface area contributed by atoms with Crippen molar-refractivity contribution in [3.8, 4) is 0 Å². The van der Waals surface area contributed by atoms with Gasteiger partial charge in [0.25, 0.3) is 0 Å². The van der Waals surface area contributed by atoms with Crippen molar-refractivity contribution in [3.05, 3.63) is 29.0 Å². The van der Waals surface area contributed by atoms with Crippen molar-refractivity contribution in [3.63, 3.8) is 0 Å². The van der Waals surface area contributed by atoms with Crippen LogP contribution in [0, 0.1) is 5.82 Å². The average molecular weight is 295 g/mol. The molecule has 0 bridgehead atoms. The van der Waals surface area contributed by atoms with Gasteiger partial charge in [0.05, 0.1) is 11.4 Å². The summed E-state index contributed by atoms with van der Waals surface area (Å²) in [4.78, 5) is 0. The number of nitrogens with one attached hydrogen (secondary N) is 2. The van der Waals surface area contributed by atoms with Gasteiger partial charge in [-0.15, -0.1) is 0 Å². The molecule has 0 fully saturated rings. The zero-order valence-corrected chi connectivity index (χ0v) is 11.6. The lowest BCUT2D eigenvalue weighted by Crippen LogP contribution is -2.27. The molecule has 0 saturated heterocycles. The maximum absolute atomic E-state index is 13.3. The maximum Gasteiger partial charge on any atom is 0.234 e. The van der Waals surface area contributed by atoms with E-state index in [-0.39, 0.29) is 16.5 Å². The fourth-order valence-electron chi connectivity index (χ4n) is 1.30. The van der Waals surface area contributed by atoms with Crippen LogP contribution in [0.2, 0.25) is 5.02 Å². The van der Waals surface area contributed by atoms with Crippen LogP contribution in [0.25, 0.3) is 0 Å². The fraction of sp³-hybridized carbons (Fsp3) is 0.455. The van der Waals surface area contributed by atoms with E-state index in [2.05, 4.69) is 10.0 Å². The molecule has 0 aliphatic heterocycles. The van der Waals surface area contributed by atoms with Gasteiger partial charge in [0.1, 0.15) is 5.82 Å². The number of hydrogen-bond donors (Lipinski definition) is 2. The first-order chi connectivity index (χ1) is 8.44. The topological polar surface area (TPSA) is 58.2 Å². The number of benzene rings is 1. The Balaban J connectivity index is 2.62. The normalized spacial score (nSPS) is 11.5. The Morgan fingerprint density at radius 2 is 2.06 bits per heavy atom. The fourth-order valence-corrected chi connectivity index (χ4v) is 2.48. The summed E-state index contributed by atoms with van der Waals surface area (Å²) in [6, 6.07) is 3.72. The minimum atomic E-state index is -3.57. The molecule has 0 heterocycles. The zero-order chi connectivity index (χ0) is 13.6. The van der Waals surface area contributed by atoms with Crippen LogP contribution in [0.1, 0.15) is 13.3 Å². The molecule has 18 heavy (non-hydrogen) atoms. The van der Waals surface area contributed by atoms with E-state index >= 15 is 0 Å². The van der Waals surface area contributed by atoms with Gasteiger partial charge < -0.3 is 5.32 Å². The molecular formula is C11H16ClFN2O2S. The van der Waals surface area contributed by atoms with E-state index in [1.165, 1.54) is 12.1 Å². The van der Waals surface area contributed by atoms with Crippen LogP contribution in [0.3, 0.4) is 0 Å². The third kappa shape index (κ3) is 5.20. The highest BCUT2D eigenvalue weighted by Crippen LogP contribution is 2.20. The molecule has 7 heteroatoms. The maximum atomic E-state index is 13.3. The summed E-state index contributed by atoms with van der Waals surface area (Å²) in [5, 5.41) is 3.24. The molecule has 4 nitrogen and oxygen atoms in total. The molecule has 2 N–H and O–H groups in total. The Bertz CT molecular complexity index is 494. The van der Waals surface area contributed by atoms with E-state index < -0.39 is 15.8 Å². The Morgan fingerprint density at radius 3 is 2.72 bits per heavy atom. The Hall–Kier alpha value is -0.850. The highest BCUT2D eigenvalue weighted by atomic mass is 35.5. The third-order valence-corrected chi connectivity index (χ3v) is 3.68. The largest absolute Gasteiger partial charge is 0.316 e. The van der Waals surface area contributed by atoms with E-state index in [0.717, 1.165) is 19.0 Å². The predicted molar refractivity (Wildman–Crippen MR) is 72.0 cm³/mol. The van der Waals surface area contributed by atoms with Crippen LogP contribution in [-0.2, 0) is 10.0 Å². The van der Waals surface area contributed by atoms with Crippen LogP contribution in [0.4, 0.5) is 10.1 Å². The van der Waals surface area contributed by atoms with Gasteiger partial charge >= 0.3 is 0 Å². The number of rotatable bonds is 7. The van der Waals surface area contributed by atoms with Crippen molar-refractivity contribution in [2.75, 3.05) is 23.6 Å². The van der Waals surface area contributed by atoms with Gasteiger partial charge in [0.2, 0.25) is 10.0 Å². The Kier molecular flexibility index (Phi) is 5.84. The number of halogens is 2. The summed E-state index contributed by atoms with van der Waals surface area (Å²) in [7, 11) is -3.57. The van der Waals surface area contributed by atoms with Gasteiger partial charge in [-0.05, 0) is 31.2 Å². The predicted octanol–water partition coefficient (Wildman–Crippen LogP) is 2.22. The summed E-state index contributed by atoms with van der Waals surface area (Å²) in [6.45, 7) is 3.06. The monoisotopic (exact) mass is 294 g/mol. The van der Waals surface area contributed by atoms with Crippen molar-refractivity contribution >= 4 is 27.3 Å². The second-order valence-electron chi connectivity index (χ2n) is 3.80. The smallest absolute Gasteiger partial charge is 0.234 e. The number of sulfonamides is 1. The van der Waals surface area contributed by atoms with E-state index in [4.69, 9.17) is 11.6 Å². The lowest BCUT2D eigenvalue weighted by atomic mass is 10.3. The molecule has 1 aromatic rings. The molecule has 1 aromatic carbocycles. The third-order valence-electron chi connectivity index (χ3n) is 2.17. The molecule has 0 atom stereocenters.